The fourth-order valence-electron chi connectivity index (χ4n) is 2.49. The third kappa shape index (κ3) is 0.990. The molecule has 0 aromatic rings. The number of alkyl halides is 10. The smallest absolute Gasteiger partial charge is 0.292 e. The van der Waals surface area contributed by atoms with Crippen LogP contribution in [0.15, 0.2) is 0 Å². The van der Waals surface area contributed by atoms with E-state index in [4.69, 9.17) is 0 Å². The summed E-state index contributed by atoms with van der Waals surface area (Å²) in [7, 11) is 0. The molecule has 2 saturated carbocycles. The first kappa shape index (κ1) is 14.4. The van der Waals surface area contributed by atoms with Crippen molar-refractivity contribution in [2.75, 3.05) is 0 Å². The summed E-state index contributed by atoms with van der Waals surface area (Å²) in [6, 6.07) is 0. The summed E-state index contributed by atoms with van der Waals surface area (Å²) in [5.41, 5.74) is -11.0. The van der Waals surface area contributed by atoms with Gasteiger partial charge < -0.3 is 0 Å². The van der Waals surface area contributed by atoms with Gasteiger partial charge in [0.1, 0.15) is 0 Å². The molecular formula is C8H2F10O. The molecule has 0 N–H and O–H groups in total. The van der Waals surface area contributed by atoms with Gasteiger partial charge in [-0.1, -0.05) is 0 Å². The van der Waals surface area contributed by atoms with Gasteiger partial charge in [-0.2, -0.15) is 39.5 Å². The van der Waals surface area contributed by atoms with Crippen molar-refractivity contribution in [1.29, 1.82) is 0 Å². The van der Waals surface area contributed by atoms with Crippen molar-refractivity contribution in [1.82, 2.24) is 0 Å². The minimum Gasteiger partial charge on any atom is -0.292 e. The Kier molecular flexibility index (Phi) is 2.16. The SMILES string of the molecule is O=C1C(F)(F)C2(F)CC1(C(F)(F)F)C(F)(F)C2(F)F. The summed E-state index contributed by atoms with van der Waals surface area (Å²) in [5, 5.41) is 0. The molecular weight excluding hydrogens is 302 g/mol. The molecule has 2 aliphatic rings. The third-order valence-corrected chi connectivity index (χ3v) is 3.59. The number of hydrogen-bond acceptors (Lipinski definition) is 1. The van der Waals surface area contributed by atoms with Crippen LogP contribution in [0, 0.1) is 5.41 Å². The number of rotatable bonds is 0. The molecule has 0 radical (unpaired) electrons. The van der Waals surface area contributed by atoms with Gasteiger partial charge in [-0.3, -0.25) is 4.79 Å². The highest BCUT2D eigenvalue weighted by Crippen LogP contribution is 2.77. The van der Waals surface area contributed by atoms with Gasteiger partial charge in [-0.25, -0.2) is 4.39 Å². The zero-order valence-electron chi connectivity index (χ0n) is 8.39. The van der Waals surface area contributed by atoms with Gasteiger partial charge in [0.2, 0.25) is 11.2 Å². The van der Waals surface area contributed by atoms with Gasteiger partial charge in [0, 0.05) is 6.42 Å². The lowest BCUT2D eigenvalue weighted by Gasteiger charge is -2.41. The van der Waals surface area contributed by atoms with Crippen molar-refractivity contribution >= 4 is 5.78 Å². The molecule has 110 valence electrons. The maximum absolute atomic E-state index is 13.5. The molecule has 0 amide bonds. The molecule has 19 heavy (non-hydrogen) atoms. The van der Waals surface area contributed by atoms with Crippen molar-refractivity contribution in [3.8, 4) is 0 Å². The van der Waals surface area contributed by atoms with Gasteiger partial charge in [0.15, 0.2) is 0 Å². The zero-order valence-corrected chi connectivity index (χ0v) is 8.39. The highest BCUT2D eigenvalue weighted by atomic mass is 19.4. The summed E-state index contributed by atoms with van der Waals surface area (Å²) >= 11 is 0. The lowest BCUT2D eigenvalue weighted by Crippen LogP contribution is -2.71. The van der Waals surface area contributed by atoms with Crippen molar-refractivity contribution in [3.63, 3.8) is 0 Å². The normalized spacial score (nSPS) is 42.7. The van der Waals surface area contributed by atoms with Gasteiger partial charge >= 0.3 is 23.9 Å². The van der Waals surface area contributed by atoms with Gasteiger partial charge in [0.25, 0.3) is 5.67 Å². The molecule has 2 rings (SSSR count). The Balaban J connectivity index is 2.86. The average molecular weight is 304 g/mol. The quantitative estimate of drug-likeness (QED) is 0.628. The lowest BCUT2D eigenvalue weighted by molar-refractivity contribution is -0.347. The molecule has 0 spiro atoms. The number of carbonyl (C=O) groups excluding carboxylic acids is 1. The van der Waals surface area contributed by atoms with Crippen LogP contribution in [-0.4, -0.2) is 35.4 Å². The maximum atomic E-state index is 13.5. The highest BCUT2D eigenvalue weighted by molar-refractivity contribution is 5.99. The van der Waals surface area contributed by atoms with Crippen LogP contribution in [0.25, 0.3) is 0 Å². The van der Waals surface area contributed by atoms with Crippen LogP contribution in [0.3, 0.4) is 0 Å². The highest BCUT2D eigenvalue weighted by Gasteiger charge is 3.04. The average Bonchev–Trinajstić information content (AvgIpc) is 2.43. The number of ketones is 1. The second kappa shape index (κ2) is 2.85. The van der Waals surface area contributed by atoms with E-state index in [-0.39, 0.29) is 0 Å². The Morgan fingerprint density at radius 3 is 1.58 bits per heavy atom. The Morgan fingerprint density at radius 2 is 1.26 bits per heavy atom. The topological polar surface area (TPSA) is 17.1 Å². The van der Waals surface area contributed by atoms with Crippen LogP contribution in [0.5, 0.6) is 0 Å². The fraction of sp³-hybridized carbons (Fsp3) is 0.875. The van der Waals surface area contributed by atoms with Crippen LogP contribution < -0.4 is 0 Å². The van der Waals surface area contributed by atoms with Crippen LogP contribution >= 0.6 is 0 Å². The van der Waals surface area contributed by atoms with Crippen molar-refractivity contribution in [2.45, 2.75) is 36.0 Å². The molecule has 0 aliphatic heterocycles. The van der Waals surface area contributed by atoms with Crippen LogP contribution in [0.4, 0.5) is 43.9 Å². The first-order valence-electron chi connectivity index (χ1n) is 4.55. The predicted octanol–water partition coefficient (Wildman–Crippen LogP) is 3.14. The second-order valence-corrected chi connectivity index (χ2v) is 4.43. The molecule has 11 heteroatoms. The monoisotopic (exact) mass is 304 g/mol. The molecule has 0 saturated heterocycles. The zero-order chi connectivity index (χ0) is 15.3. The minimum atomic E-state index is -6.44. The molecule has 0 aromatic heterocycles. The fourth-order valence-corrected chi connectivity index (χ4v) is 2.49. The number of Topliss-reactive ketones (excluding diaryl/α,β-unsaturated/α-hetero) is 1. The second-order valence-electron chi connectivity index (χ2n) is 4.43. The van der Waals surface area contributed by atoms with Crippen LogP contribution in [0.2, 0.25) is 0 Å². The summed E-state index contributed by atoms with van der Waals surface area (Å²) in [5.74, 6) is -22.0. The summed E-state index contributed by atoms with van der Waals surface area (Å²) in [6.45, 7) is 0. The molecule has 2 aliphatic carbocycles. The van der Waals surface area contributed by atoms with E-state index in [1.807, 2.05) is 0 Å². The van der Waals surface area contributed by atoms with Crippen molar-refractivity contribution in [2.24, 2.45) is 5.41 Å². The Labute approximate surface area is 97.1 Å². The molecule has 2 atom stereocenters. The minimum absolute atomic E-state index is 3.00. The predicted molar refractivity (Wildman–Crippen MR) is 36.8 cm³/mol. The van der Waals surface area contributed by atoms with E-state index in [0.29, 0.717) is 0 Å². The summed E-state index contributed by atoms with van der Waals surface area (Å²) in [6.07, 6.45) is -9.44. The van der Waals surface area contributed by atoms with Gasteiger partial charge in [0.05, 0.1) is 0 Å². The van der Waals surface area contributed by atoms with E-state index in [0.717, 1.165) is 0 Å². The standard InChI is InChI=1S/C8H2F10O/c9-4-1-3(8(16,17)18,2(19)5(4,10)11)6(12,13)7(4,14)15/h1H2. The molecule has 0 aromatic carbocycles. The summed E-state index contributed by atoms with van der Waals surface area (Å²) < 4.78 is 129. The third-order valence-electron chi connectivity index (χ3n) is 3.59. The van der Waals surface area contributed by atoms with E-state index in [9.17, 15) is 48.7 Å². The first-order chi connectivity index (χ1) is 8.11. The van der Waals surface area contributed by atoms with E-state index >= 15 is 0 Å². The first-order valence-corrected chi connectivity index (χ1v) is 4.55. The van der Waals surface area contributed by atoms with E-state index in [2.05, 4.69) is 0 Å². The molecule has 2 bridgehead atoms. The van der Waals surface area contributed by atoms with Crippen molar-refractivity contribution in [3.05, 3.63) is 0 Å². The Morgan fingerprint density at radius 1 is 0.842 bits per heavy atom. The van der Waals surface area contributed by atoms with E-state index in [1.54, 1.807) is 0 Å². The van der Waals surface area contributed by atoms with Crippen LogP contribution in [0.1, 0.15) is 6.42 Å². The molecule has 1 nitrogen and oxygen atoms in total. The van der Waals surface area contributed by atoms with Crippen molar-refractivity contribution < 1.29 is 48.7 Å². The van der Waals surface area contributed by atoms with E-state index in [1.165, 1.54) is 0 Å². The number of fused-ring (bicyclic) bond motifs is 2. The lowest BCUT2D eigenvalue weighted by atomic mass is 9.75. The molecule has 2 fully saturated rings. The van der Waals surface area contributed by atoms with Gasteiger partial charge in [-0.05, 0) is 0 Å². The summed E-state index contributed by atoms with van der Waals surface area (Å²) in [4.78, 5) is 10.8. The number of hydrogen-bond donors (Lipinski definition) is 0. The molecule has 0 heterocycles. The molecule has 2 unspecified atom stereocenters. The van der Waals surface area contributed by atoms with Gasteiger partial charge in [-0.15, -0.1) is 0 Å². The maximum Gasteiger partial charge on any atom is 0.407 e. The van der Waals surface area contributed by atoms with E-state index < -0.39 is 47.2 Å². The largest absolute Gasteiger partial charge is 0.407 e. The number of carbonyl (C=O) groups is 1. The number of halogens is 10. The Hall–Kier alpha value is -1.03. The Bertz CT molecular complexity index is 465. The van der Waals surface area contributed by atoms with Crippen LogP contribution in [-0.2, 0) is 4.79 Å².